The minimum Gasteiger partial charge on any atom is -0.396 e. The highest BCUT2D eigenvalue weighted by molar-refractivity contribution is 5.75. The molecule has 4 heteroatoms. The Hall–Kier alpha value is -2.33. The molecule has 0 aromatic heterocycles. The van der Waals surface area contributed by atoms with Gasteiger partial charge >= 0.3 is 6.03 Å². The van der Waals surface area contributed by atoms with Crippen LogP contribution >= 0.6 is 0 Å². The third-order valence-electron chi connectivity index (χ3n) is 5.57. The molecule has 1 fully saturated rings. The number of fused-ring (bicyclic) bond motifs is 1. The van der Waals surface area contributed by atoms with E-state index in [1.807, 2.05) is 23.1 Å². The summed E-state index contributed by atoms with van der Waals surface area (Å²) in [6.07, 6.45) is 1.81. The lowest BCUT2D eigenvalue weighted by atomic mass is 9.90. The summed E-state index contributed by atoms with van der Waals surface area (Å²) in [6, 6.07) is 18.8. The monoisotopic (exact) mass is 336 g/mol. The maximum atomic E-state index is 12.7. The van der Waals surface area contributed by atoms with Crippen LogP contribution in [0.4, 0.5) is 4.79 Å². The molecule has 4 rings (SSSR count). The molecule has 2 aromatic carbocycles. The fourth-order valence-electron chi connectivity index (χ4n) is 4.23. The molecule has 2 aromatic rings. The highest BCUT2D eigenvalue weighted by Crippen LogP contribution is 2.32. The van der Waals surface area contributed by atoms with E-state index >= 15 is 0 Å². The van der Waals surface area contributed by atoms with Gasteiger partial charge in [-0.15, -0.1) is 0 Å². The van der Waals surface area contributed by atoms with Gasteiger partial charge in [0.15, 0.2) is 0 Å². The molecule has 0 bridgehead atoms. The molecule has 0 radical (unpaired) electrons. The number of nitrogens with zero attached hydrogens (tertiary/aromatic N) is 1. The van der Waals surface area contributed by atoms with E-state index in [1.54, 1.807) is 0 Å². The van der Waals surface area contributed by atoms with Crippen LogP contribution < -0.4 is 5.32 Å². The number of hydrogen-bond donors (Lipinski definition) is 2. The van der Waals surface area contributed by atoms with Crippen molar-refractivity contribution in [2.75, 3.05) is 19.7 Å². The van der Waals surface area contributed by atoms with Crippen LogP contribution in [0.25, 0.3) is 0 Å². The number of aliphatic hydroxyl groups excluding tert-OH is 1. The van der Waals surface area contributed by atoms with Crippen molar-refractivity contribution in [3.05, 3.63) is 71.3 Å². The summed E-state index contributed by atoms with van der Waals surface area (Å²) in [6.45, 7) is 1.39. The molecule has 130 valence electrons. The first-order valence-electron chi connectivity index (χ1n) is 9.02. The van der Waals surface area contributed by atoms with E-state index in [2.05, 4.69) is 41.7 Å². The second-order valence-electron chi connectivity index (χ2n) is 7.19. The Morgan fingerprint density at radius 1 is 1.00 bits per heavy atom. The number of nitrogens with one attached hydrogen (secondary N) is 1. The summed E-state index contributed by atoms with van der Waals surface area (Å²) in [5.74, 6) is 0.312. The summed E-state index contributed by atoms with van der Waals surface area (Å²) in [5, 5.41) is 12.9. The van der Waals surface area contributed by atoms with Gasteiger partial charge in [-0.1, -0.05) is 54.6 Å². The Morgan fingerprint density at radius 3 is 2.28 bits per heavy atom. The normalized spacial score (nSPS) is 22.8. The van der Waals surface area contributed by atoms with E-state index in [4.69, 9.17) is 0 Å². The number of carbonyl (C=O) groups is 1. The number of urea groups is 1. The Kier molecular flexibility index (Phi) is 4.45. The molecular formula is C21H24N2O2. The molecule has 0 spiro atoms. The zero-order valence-electron chi connectivity index (χ0n) is 14.3. The standard InChI is InChI=1S/C21H24N2O2/c24-14-18-12-23(13-20(18)15-6-2-1-3-7-15)21(25)22-19-10-16-8-4-5-9-17(16)11-19/h1-9,18-20,24H,10-14H2,(H,22,25)/t18-,20-/m0/s1. The van der Waals surface area contributed by atoms with Crippen LogP contribution in [0.15, 0.2) is 54.6 Å². The lowest BCUT2D eigenvalue weighted by Gasteiger charge is -2.20. The average Bonchev–Trinajstić information content (AvgIpc) is 3.25. The van der Waals surface area contributed by atoms with Crippen molar-refractivity contribution in [1.82, 2.24) is 10.2 Å². The molecule has 1 aliphatic carbocycles. The van der Waals surface area contributed by atoms with E-state index < -0.39 is 0 Å². The minimum absolute atomic E-state index is 0.00492. The zero-order chi connectivity index (χ0) is 17.2. The Labute approximate surface area is 148 Å². The van der Waals surface area contributed by atoms with E-state index in [1.165, 1.54) is 16.7 Å². The Bertz CT molecular complexity index is 722. The van der Waals surface area contributed by atoms with Crippen LogP contribution in [0, 0.1) is 5.92 Å². The maximum absolute atomic E-state index is 12.7. The van der Waals surface area contributed by atoms with Gasteiger partial charge in [-0.25, -0.2) is 4.79 Å². The molecule has 1 aliphatic heterocycles. The number of amides is 2. The molecule has 25 heavy (non-hydrogen) atoms. The number of aliphatic hydroxyl groups is 1. The van der Waals surface area contributed by atoms with Crippen LogP contribution in [0.5, 0.6) is 0 Å². The molecular weight excluding hydrogens is 312 g/mol. The molecule has 0 saturated carbocycles. The molecule has 2 aliphatic rings. The molecule has 1 heterocycles. The van der Waals surface area contributed by atoms with Crippen molar-refractivity contribution in [3.63, 3.8) is 0 Å². The first kappa shape index (κ1) is 16.2. The van der Waals surface area contributed by atoms with Gasteiger partial charge in [-0.2, -0.15) is 0 Å². The van der Waals surface area contributed by atoms with Crippen molar-refractivity contribution < 1.29 is 9.90 Å². The van der Waals surface area contributed by atoms with Crippen molar-refractivity contribution in [1.29, 1.82) is 0 Å². The van der Waals surface area contributed by atoms with Crippen molar-refractivity contribution in [2.45, 2.75) is 24.8 Å². The van der Waals surface area contributed by atoms with Crippen LogP contribution in [0.2, 0.25) is 0 Å². The quantitative estimate of drug-likeness (QED) is 0.905. The van der Waals surface area contributed by atoms with Crippen LogP contribution in [-0.2, 0) is 12.8 Å². The summed E-state index contributed by atoms with van der Waals surface area (Å²) in [5.41, 5.74) is 3.87. The summed E-state index contributed by atoms with van der Waals surface area (Å²) in [4.78, 5) is 14.6. The van der Waals surface area contributed by atoms with Gasteiger partial charge in [0, 0.05) is 37.6 Å². The number of benzene rings is 2. The van der Waals surface area contributed by atoms with Gasteiger partial charge in [0.1, 0.15) is 0 Å². The minimum atomic E-state index is -0.00492. The average molecular weight is 336 g/mol. The fourth-order valence-corrected chi connectivity index (χ4v) is 4.23. The predicted octanol–water partition coefficient (Wildman–Crippen LogP) is 2.57. The van der Waals surface area contributed by atoms with Gasteiger partial charge in [-0.3, -0.25) is 0 Å². The zero-order valence-corrected chi connectivity index (χ0v) is 14.3. The number of carbonyl (C=O) groups excluding carboxylic acids is 1. The summed E-state index contributed by atoms with van der Waals surface area (Å²) in [7, 11) is 0. The first-order valence-corrected chi connectivity index (χ1v) is 9.02. The van der Waals surface area contributed by atoms with Gasteiger partial charge < -0.3 is 15.3 Å². The van der Waals surface area contributed by atoms with Crippen molar-refractivity contribution >= 4 is 6.03 Å². The van der Waals surface area contributed by atoms with E-state index in [0.29, 0.717) is 13.1 Å². The van der Waals surface area contributed by atoms with Gasteiger partial charge in [-0.05, 0) is 29.5 Å². The second kappa shape index (κ2) is 6.89. The predicted molar refractivity (Wildman–Crippen MR) is 97.5 cm³/mol. The molecule has 2 amide bonds. The van der Waals surface area contributed by atoms with Crippen LogP contribution in [0.1, 0.15) is 22.6 Å². The topological polar surface area (TPSA) is 52.6 Å². The smallest absolute Gasteiger partial charge is 0.317 e. The van der Waals surface area contributed by atoms with Gasteiger partial charge in [0.2, 0.25) is 0 Å². The van der Waals surface area contributed by atoms with E-state index in [-0.39, 0.29) is 30.5 Å². The highest BCUT2D eigenvalue weighted by atomic mass is 16.3. The summed E-state index contributed by atoms with van der Waals surface area (Å²) < 4.78 is 0. The third kappa shape index (κ3) is 3.27. The van der Waals surface area contributed by atoms with Crippen molar-refractivity contribution in [2.24, 2.45) is 5.92 Å². The number of likely N-dealkylation sites (tertiary alicyclic amines) is 1. The number of hydrogen-bond acceptors (Lipinski definition) is 2. The van der Waals surface area contributed by atoms with E-state index in [0.717, 1.165) is 12.8 Å². The highest BCUT2D eigenvalue weighted by Gasteiger charge is 2.36. The molecule has 2 atom stereocenters. The molecule has 1 saturated heterocycles. The largest absolute Gasteiger partial charge is 0.396 e. The second-order valence-corrected chi connectivity index (χ2v) is 7.19. The Morgan fingerprint density at radius 2 is 1.64 bits per heavy atom. The SMILES string of the molecule is O=C(NC1Cc2ccccc2C1)N1C[C@@H](CO)[C@H](c2ccccc2)C1. The summed E-state index contributed by atoms with van der Waals surface area (Å²) >= 11 is 0. The van der Waals surface area contributed by atoms with Crippen molar-refractivity contribution in [3.8, 4) is 0 Å². The number of rotatable bonds is 3. The first-order chi connectivity index (χ1) is 12.2. The van der Waals surface area contributed by atoms with Crippen LogP contribution in [-0.4, -0.2) is 41.8 Å². The lowest BCUT2D eigenvalue weighted by Crippen LogP contribution is -2.44. The molecule has 0 unspecified atom stereocenters. The fraction of sp³-hybridized carbons (Fsp3) is 0.381. The molecule has 2 N–H and O–H groups in total. The van der Waals surface area contributed by atoms with Gasteiger partial charge in [0.25, 0.3) is 0 Å². The van der Waals surface area contributed by atoms with E-state index in [9.17, 15) is 9.90 Å². The maximum Gasteiger partial charge on any atom is 0.317 e. The van der Waals surface area contributed by atoms with Gasteiger partial charge in [0.05, 0.1) is 0 Å². The Balaban J connectivity index is 1.40. The third-order valence-corrected chi connectivity index (χ3v) is 5.57. The van der Waals surface area contributed by atoms with Crippen LogP contribution in [0.3, 0.4) is 0 Å². The lowest BCUT2D eigenvalue weighted by molar-refractivity contribution is 0.194. The molecule has 4 nitrogen and oxygen atoms in total.